The summed E-state index contributed by atoms with van der Waals surface area (Å²) in [4.78, 5) is 24.4. The molecule has 9 nitrogen and oxygen atoms in total. The first kappa shape index (κ1) is 22.0. The molecule has 1 aromatic carbocycles. The number of nitrogens with zero attached hydrogens (tertiary/aromatic N) is 1. The summed E-state index contributed by atoms with van der Waals surface area (Å²) in [6.07, 6.45) is -0.751. The maximum Gasteiger partial charge on any atom is 0.407 e. The lowest BCUT2D eigenvalue weighted by Crippen LogP contribution is -2.52. The highest BCUT2D eigenvalue weighted by Gasteiger charge is 2.45. The van der Waals surface area contributed by atoms with Gasteiger partial charge in [-0.2, -0.15) is 0 Å². The predicted molar refractivity (Wildman–Crippen MR) is 101 cm³/mol. The molecule has 1 heterocycles. The molecular weight excluding hydrogens is 388 g/mol. The van der Waals surface area contributed by atoms with Crippen LogP contribution in [0.5, 0.6) is 5.75 Å². The Labute approximate surface area is 164 Å². The molecule has 1 saturated heterocycles. The third kappa shape index (κ3) is 4.39. The van der Waals surface area contributed by atoms with Crippen LogP contribution in [0, 0.1) is 5.41 Å². The van der Waals surface area contributed by atoms with E-state index in [4.69, 9.17) is 4.74 Å². The molecule has 1 aliphatic rings. The van der Waals surface area contributed by atoms with Crippen LogP contribution in [0.3, 0.4) is 0 Å². The summed E-state index contributed by atoms with van der Waals surface area (Å²) in [5.41, 5.74) is -0.422. The van der Waals surface area contributed by atoms with Crippen molar-refractivity contribution in [2.45, 2.75) is 44.2 Å². The third-order valence-corrected chi connectivity index (χ3v) is 6.22. The molecule has 0 spiro atoms. The van der Waals surface area contributed by atoms with Crippen LogP contribution in [0.1, 0.15) is 37.6 Å². The van der Waals surface area contributed by atoms with Gasteiger partial charge >= 0.3 is 12.1 Å². The average molecular weight is 414 g/mol. The molecule has 0 bridgehead atoms. The molecular formula is C18H26N2O7S. The predicted octanol–water partition coefficient (Wildman–Crippen LogP) is 1.93. The van der Waals surface area contributed by atoms with Crippen LogP contribution in [-0.2, 0) is 14.8 Å². The fraction of sp³-hybridized carbons (Fsp3) is 0.556. The monoisotopic (exact) mass is 414 g/mol. The van der Waals surface area contributed by atoms with E-state index in [1.54, 1.807) is 0 Å². The molecule has 2 atom stereocenters. The number of esters is 1. The van der Waals surface area contributed by atoms with Crippen molar-refractivity contribution >= 4 is 22.1 Å². The third-order valence-electron chi connectivity index (χ3n) is 4.71. The molecule has 10 heteroatoms. The second-order valence-corrected chi connectivity index (χ2v) is 9.34. The number of nitrogens with one attached hydrogen (secondary N) is 1. The van der Waals surface area contributed by atoms with E-state index < -0.39 is 39.6 Å². The summed E-state index contributed by atoms with van der Waals surface area (Å²) in [7, 11) is -1.57. The lowest BCUT2D eigenvalue weighted by molar-refractivity contribution is 0.0600. The van der Waals surface area contributed by atoms with Crippen molar-refractivity contribution in [3.8, 4) is 5.75 Å². The Morgan fingerprint density at radius 3 is 2.39 bits per heavy atom. The van der Waals surface area contributed by atoms with E-state index >= 15 is 0 Å². The van der Waals surface area contributed by atoms with Crippen molar-refractivity contribution in [2.24, 2.45) is 5.41 Å². The van der Waals surface area contributed by atoms with Crippen LogP contribution in [0.15, 0.2) is 23.1 Å². The standard InChI is InChI=1S/C18H26N2O7S/c1-18(2,3)15-12(8-9-20(15)17(22)23)19-28(24,25)14-10-11(16(21)27-5)6-7-13(14)26-4/h6-7,10,12,15,19H,8-9H2,1-5H3,(H,22,23)/t12-,15?/m1/s1. The number of hydrogen-bond donors (Lipinski definition) is 2. The first-order chi connectivity index (χ1) is 12.9. The highest BCUT2D eigenvalue weighted by molar-refractivity contribution is 7.89. The number of rotatable bonds is 5. The molecule has 0 aromatic heterocycles. The zero-order chi connectivity index (χ0) is 21.3. The molecule has 2 N–H and O–H groups in total. The van der Waals surface area contributed by atoms with Gasteiger partial charge in [0.1, 0.15) is 10.6 Å². The Bertz CT molecular complexity index is 861. The second-order valence-electron chi connectivity index (χ2n) is 7.66. The molecule has 1 fully saturated rings. The van der Waals surface area contributed by atoms with Gasteiger partial charge in [-0.15, -0.1) is 0 Å². The minimum Gasteiger partial charge on any atom is -0.495 e. The summed E-state index contributed by atoms with van der Waals surface area (Å²) < 4.78 is 38.5. The van der Waals surface area contributed by atoms with E-state index in [0.29, 0.717) is 6.42 Å². The van der Waals surface area contributed by atoms with Crippen LogP contribution in [0.2, 0.25) is 0 Å². The number of likely N-dealkylation sites (tertiary alicyclic amines) is 1. The van der Waals surface area contributed by atoms with E-state index in [1.165, 1.54) is 37.3 Å². The summed E-state index contributed by atoms with van der Waals surface area (Å²) in [5, 5.41) is 9.46. The normalized spacial score (nSPS) is 20.1. The number of ether oxygens (including phenoxy) is 2. The minimum atomic E-state index is -4.10. The quantitative estimate of drug-likeness (QED) is 0.706. The fourth-order valence-electron chi connectivity index (χ4n) is 3.60. The summed E-state index contributed by atoms with van der Waals surface area (Å²) >= 11 is 0. The zero-order valence-corrected chi connectivity index (χ0v) is 17.4. The summed E-state index contributed by atoms with van der Waals surface area (Å²) in [6.45, 7) is 5.81. The van der Waals surface area contributed by atoms with Gasteiger partial charge < -0.3 is 19.5 Å². The topological polar surface area (TPSA) is 122 Å². The van der Waals surface area contributed by atoms with E-state index in [-0.39, 0.29) is 22.8 Å². The van der Waals surface area contributed by atoms with Crippen LogP contribution >= 0.6 is 0 Å². The van der Waals surface area contributed by atoms with Crippen molar-refractivity contribution in [3.63, 3.8) is 0 Å². The van der Waals surface area contributed by atoms with Gasteiger partial charge in [0.15, 0.2) is 0 Å². The summed E-state index contributed by atoms with van der Waals surface area (Å²) in [5.74, 6) is -0.606. The smallest absolute Gasteiger partial charge is 0.407 e. The van der Waals surface area contributed by atoms with Crippen LogP contribution in [0.4, 0.5) is 4.79 Å². The van der Waals surface area contributed by atoms with Crippen LogP contribution < -0.4 is 9.46 Å². The summed E-state index contributed by atoms with van der Waals surface area (Å²) in [6, 6.07) is 2.80. The first-order valence-electron chi connectivity index (χ1n) is 8.70. The van der Waals surface area contributed by atoms with Crippen LogP contribution in [0.25, 0.3) is 0 Å². The number of hydrogen-bond acceptors (Lipinski definition) is 6. The van der Waals surface area contributed by atoms with Gasteiger partial charge in [-0.1, -0.05) is 20.8 Å². The van der Waals surface area contributed by atoms with Gasteiger partial charge in [0.2, 0.25) is 10.0 Å². The van der Waals surface area contributed by atoms with Gasteiger partial charge in [-0.25, -0.2) is 22.7 Å². The zero-order valence-electron chi connectivity index (χ0n) is 16.6. The van der Waals surface area contributed by atoms with E-state index in [9.17, 15) is 23.1 Å². The largest absolute Gasteiger partial charge is 0.495 e. The highest BCUT2D eigenvalue weighted by atomic mass is 32.2. The number of sulfonamides is 1. The van der Waals surface area contributed by atoms with Crippen molar-refractivity contribution < 1.29 is 32.6 Å². The number of carbonyl (C=O) groups excluding carboxylic acids is 1. The molecule has 28 heavy (non-hydrogen) atoms. The minimum absolute atomic E-state index is 0.0645. The lowest BCUT2D eigenvalue weighted by atomic mass is 9.83. The van der Waals surface area contributed by atoms with Crippen molar-refractivity contribution in [3.05, 3.63) is 23.8 Å². The van der Waals surface area contributed by atoms with Gasteiger partial charge in [-0.05, 0) is 30.0 Å². The number of benzene rings is 1. The fourth-order valence-corrected chi connectivity index (χ4v) is 5.07. The molecule has 0 aliphatic carbocycles. The molecule has 1 unspecified atom stereocenters. The molecule has 1 aliphatic heterocycles. The Morgan fingerprint density at radius 2 is 1.89 bits per heavy atom. The van der Waals surface area contributed by atoms with Gasteiger partial charge in [-0.3, -0.25) is 0 Å². The van der Waals surface area contributed by atoms with Gasteiger partial charge in [0.25, 0.3) is 0 Å². The average Bonchev–Trinajstić information content (AvgIpc) is 3.04. The lowest BCUT2D eigenvalue weighted by Gasteiger charge is -2.37. The number of amides is 1. The van der Waals surface area contributed by atoms with Crippen molar-refractivity contribution in [1.29, 1.82) is 0 Å². The van der Waals surface area contributed by atoms with E-state index in [2.05, 4.69) is 9.46 Å². The van der Waals surface area contributed by atoms with Gasteiger partial charge in [0, 0.05) is 12.6 Å². The molecule has 2 rings (SSSR count). The van der Waals surface area contributed by atoms with Crippen LogP contribution in [-0.4, -0.2) is 63.3 Å². The van der Waals surface area contributed by atoms with E-state index in [1.807, 2.05) is 20.8 Å². The SMILES string of the molecule is COC(=O)c1ccc(OC)c(S(=O)(=O)N[C@@H]2CCN(C(=O)O)C2C(C)(C)C)c1. The Kier molecular flexibility index (Phi) is 6.24. The molecule has 0 radical (unpaired) electrons. The van der Waals surface area contributed by atoms with E-state index in [0.717, 1.165) is 0 Å². The maximum atomic E-state index is 13.1. The van der Waals surface area contributed by atoms with Crippen molar-refractivity contribution in [2.75, 3.05) is 20.8 Å². The molecule has 1 aromatic rings. The Balaban J connectivity index is 2.42. The second kappa shape index (κ2) is 7.96. The first-order valence-corrected chi connectivity index (χ1v) is 10.2. The number of methoxy groups -OCH3 is 2. The van der Waals surface area contributed by atoms with Gasteiger partial charge in [0.05, 0.1) is 25.8 Å². The Hall–Kier alpha value is -2.33. The van der Waals surface area contributed by atoms with Crippen molar-refractivity contribution in [1.82, 2.24) is 9.62 Å². The maximum absolute atomic E-state index is 13.1. The molecule has 1 amide bonds. The highest BCUT2D eigenvalue weighted by Crippen LogP contribution is 2.34. The number of carbonyl (C=O) groups is 2. The Morgan fingerprint density at radius 1 is 1.25 bits per heavy atom. The molecule has 0 saturated carbocycles. The molecule has 156 valence electrons. The number of carboxylic acid groups (broad SMARTS) is 1.